The van der Waals surface area contributed by atoms with Gasteiger partial charge in [0, 0.05) is 23.4 Å². The molecule has 0 saturated heterocycles. The molecule has 2 aromatic heterocycles. The maximum Gasteiger partial charge on any atom is 0.255 e. The second-order valence-electron chi connectivity index (χ2n) is 7.43. The third-order valence-corrected chi connectivity index (χ3v) is 6.78. The summed E-state index contributed by atoms with van der Waals surface area (Å²) in [5.74, 6) is 1.45. The molecule has 0 unspecified atom stereocenters. The van der Waals surface area contributed by atoms with Crippen molar-refractivity contribution in [3.63, 3.8) is 0 Å². The van der Waals surface area contributed by atoms with E-state index in [1.165, 1.54) is 25.6 Å². The van der Waals surface area contributed by atoms with Gasteiger partial charge in [0.1, 0.15) is 17.2 Å². The van der Waals surface area contributed by atoms with Crippen LogP contribution < -0.4 is 19.5 Å². The molecule has 0 aliphatic heterocycles. The van der Waals surface area contributed by atoms with E-state index in [-0.39, 0.29) is 5.91 Å². The first-order valence-corrected chi connectivity index (χ1v) is 11.5. The lowest BCUT2D eigenvalue weighted by Crippen LogP contribution is -2.12. The number of anilines is 1. The number of hydrogen-bond donors (Lipinski definition) is 1. The Balaban J connectivity index is 1.44. The molecule has 0 atom stereocenters. The highest BCUT2D eigenvalue weighted by atomic mass is 35.5. The van der Waals surface area contributed by atoms with Crippen LogP contribution in [0.2, 0.25) is 5.02 Å². The molecule has 0 bridgehead atoms. The molecule has 5 aromatic rings. The van der Waals surface area contributed by atoms with Gasteiger partial charge < -0.3 is 19.5 Å². The fraction of sp³-hybridized carbons (Fsp3) is 0.120. The average molecular weight is 494 g/mol. The number of carbonyl (C=O) groups is 1. The zero-order valence-electron chi connectivity index (χ0n) is 18.6. The van der Waals surface area contributed by atoms with Crippen molar-refractivity contribution in [2.24, 2.45) is 0 Å². The molecule has 3 aromatic carbocycles. The number of amides is 1. The van der Waals surface area contributed by atoms with E-state index in [1.54, 1.807) is 25.3 Å². The van der Waals surface area contributed by atoms with Crippen molar-refractivity contribution in [1.82, 2.24) is 9.38 Å². The number of aromatic nitrogens is 2. The number of imidazole rings is 1. The first-order chi connectivity index (χ1) is 16.5. The molecule has 0 fully saturated rings. The van der Waals surface area contributed by atoms with Crippen LogP contribution in [-0.4, -0.2) is 36.6 Å². The first kappa shape index (κ1) is 22.1. The highest BCUT2D eigenvalue weighted by Gasteiger charge is 2.16. The zero-order chi connectivity index (χ0) is 23.8. The monoisotopic (exact) mass is 493 g/mol. The van der Waals surface area contributed by atoms with Gasteiger partial charge in [0.2, 0.25) is 0 Å². The minimum absolute atomic E-state index is 0.272. The molecule has 2 heterocycles. The maximum atomic E-state index is 13.0. The number of thiazole rings is 1. The molecule has 34 heavy (non-hydrogen) atoms. The number of nitrogens with zero attached hydrogens (tertiary/aromatic N) is 2. The summed E-state index contributed by atoms with van der Waals surface area (Å²) in [5.41, 5.74) is 3.84. The third-order valence-electron chi connectivity index (χ3n) is 5.46. The maximum absolute atomic E-state index is 13.0. The highest BCUT2D eigenvalue weighted by Crippen LogP contribution is 2.36. The fourth-order valence-electron chi connectivity index (χ4n) is 3.70. The molecular weight excluding hydrogens is 474 g/mol. The Bertz CT molecular complexity index is 1530. The van der Waals surface area contributed by atoms with Gasteiger partial charge in [0.15, 0.2) is 4.96 Å². The minimum Gasteiger partial charge on any atom is -0.497 e. The SMILES string of the molecule is COc1ccc(-c2cn3c(n2)sc2cc(C(=O)Nc4cc(Cl)c(OC)cc4OC)ccc23)cc1. The highest BCUT2D eigenvalue weighted by molar-refractivity contribution is 7.23. The molecule has 1 amide bonds. The molecule has 0 spiro atoms. The van der Waals surface area contributed by atoms with Crippen LogP contribution in [0, 0.1) is 0 Å². The lowest BCUT2D eigenvalue weighted by Gasteiger charge is -2.13. The Hall–Kier alpha value is -3.75. The van der Waals surface area contributed by atoms with Gasteiger partial charge in [0.25, 0.3) is 5.91 Å². The quantitative estimate of drug-likeness (QED) is 0.307. The van der Waals surface area contributed by atoms with Crippen LogP contribution in [0.5, 0.6) is 17.2 Å². The largest absolute Gasteiger partial charge is 0.497 e. The van der Waals surface area contributed by atoms with Crippen LogP contribution in [0.15, 0.2) is 60.8 Å². The minimum atomic E-state index is -0.272. The van der Waals surface area contributed by atoms with Crippen LogP contribution >= 0.6 is 22.9 Å². The topological polar surface area (TPSA) is 74.1 Å². The van der Waals surface area contributed by atoms with E-state index in [2.05, 4.69) is 5.32 Å². The smallest absolute Gasteiger partial charge is 0.255 e. The third kappa shape index (κ3) is 3.91. The van der Waals surface area contributed by atoms with Crippen molar-refractivity contribution in [3.8, 4) is 28.5 Å². The summed E-state index contributed by atoms with van der Waals surface area (Å²) in [5, 5.41) is 3.25. The summed E-state index contributed by atoms with van der Waals surface area (Å²) < 4.78 is 18.8. The van der Waals surface area contributed by atoms with Crippen LogP contribution in [0.1, 0.15) is 10.4 Å². The second-order valence-corrected chi connectivity index (χ2v) is 8.85. The molecule has 172 valence electrons. The van der Waals surface area contributed by atoms with Crippen molar-refractivity contribution >= 4 is 49.7 Å². The van der Waals surface area contributed by atoms with Gasteiger partial charge in [0.05, 0.1) is 47.9 Å². The van der Waals surface area contributed by atoms with E-state index >= 15 is 0 Å². The molecular formula is C25H20ClN3O4S. The molecule has 0 aliphatic rings. The molecule has 0 aliphatic carbocycles. The van der Waals surface area contributed by atoms with Crippen LogP contribution in [0.4, 0.5) is 5.69 Å². The predicted molar refractivity (Wildman–Crippen MR) is 135 cm³/mol. The van der Waals surface area contributed by atoms with E-state index in [9.17, 15) is 4.79 Å². The molecule has 9 heteroatoms. The predicted octanol–water partition coefficient (Wildman–Crippen LogP) is 6.15. The standard InChI is InChI=1S/C25H20ClN3O4S/c1-31-16-7-4-14(5-8-16)19-13-29-20-9-6-15(10-23(20)34-25(29)28-19)24(30)27-18-11-17(26)21(32-2)12-22(18)33-3/h4-13H,1-3H3,(H,27,30). The van der Waals surface area contributed by atoms with Crippen molar-refractivity contribution in [1.29, 1.82) is 0 Å². The number of hydrogen-bond acceptors (Lipinski definition) is 6. The molecule has 7 nitrogen and oxygen atoms in total. The number of rotatable bonds is 6. The lowest BCUT2D eigenvalue weighted by molar-refractivity contribution is 0.102. The number of ether oxygens (including phenoxy) is 3. The molecule has 1 N–H and O–H groups in total. The normalized spacial score (nSPS) is 11.1. The number of halogens is 1. The van der Waals surface area contributed by atoms with Gasteiger partial charge in [-0.2, -0.15) is 0 Å². The lowest BCUT2D eigenvalue weighted by atomic mass is 10.1. The number of fused-ring (bicyclic) bond motifs is 3. The van der Waals surface area contributed by atoms with E-state index in [1.807, 2.05) is 47.0 Å². The van der Waals surface area contributed by atoms with E-state index in [0.29, 0.717) is 27.8 Å². The number of methoxy groups -OCH3 is 3. The van der Waals surface area contributed by atoms with Gasteiger partial charge in [-0.05, 0) is 48.5 Å². The van der Waals surface area contributed by atoms with Crippen molar-refractivity contribution in [3.05, 3.63) is 71.4 Å². The van der Waals surface area contributed by atoms with Gasteiger partial charge >= 0.3 is 0 Å². The van der Waals surface area contributed by atoms with Crippen molar-refractivity contribution < 1.29 is 19.0 Å². The van der Waals surface area contributed by atoms with Crippen LogP contribution in [0.25, 0.3) is 26.4 Å². The fourth-order valence-corrected chi connectivity index (χ4v) is 4.98. The number of carbonyl (C=O) groups excluding carboxylic acids is 1. The molecule has 5 rings (SSSR count). The van der Waals surface area contributed by atoms with E-state index in [0.717, 1.165) is 32.2 Å². The number of benzene rings is 3. The van der Waals surface area contributed by atoms with E-state index in [4.69, 9.17) is 30.8 Å². The van der Waals surface area contributed by atoms with Gasteiger partial charge in [-0.15, -0.1) is 0 Å². The average Bonchev–Trinajstić information content (AvgIpc) is 3.42. The second kappa shape index (κ2) is 8.89. The Morgan fingerprint density at radius 1 is 0.971 bits per heavy atom. The Labute approximate surface area is 204 Å². The molecule has 0 radical (unpaired) electrons. The number of nitrogens with one attached hydrogen (secondary N) is 1. The van der Waals surface area contributed by atoms with Crippen molar-refractivity contribution in [2.75, 3.05) is 26.6 Å². The summed E-state index contributed by atoms with van der Waals surface area (Å²) in [7, 11) is 4.68. The summed E-state index contributed by atoms with van der Waals surface area (Å²) in [6.07, 6.45) is 2.00. The summed E-state index contributed by atoms with van der Waals surface area (Å²) in [6.45, 7) is 0. The zero-order valence-corrected chi connectivity index (χ0v) is 20.2. The van der Waals surface area contributed by atoms with Gasteiger partial charge in [-0.25, -0.2) is 4.98 Å². The van der Waals surface area contributed by atoms with Crippen molar-refractivity contribution in [2.45, 2.75) is 0 Å². The van der Waals surface area contributed by atoms with Gasteiger partial charge in [-0.1, -0.05) is 22.9 Å². The van der Waals surface area contributed by atoms with Gasteiger partial charge in [-0.3, -0.25) is 9.20 Å². The van der Waals surface area contributed by atoms with E-state index < -0.39 is 0 Å². The first-order valence-electron chi connectivity index (χ1n) is 10.3. The van der Waals surface area contributed by atoms with Crippen LogP contribution in [-0.2, 0) is 0 Å². The Morgan fingerprint density at radius 2 is 1.74 bits per heavy atom. The summed E-state index contributed by atoms with van der Waals surface area (Å²) in [6, 6.07) is 16.6. The summed E-state index contributed by atoms with van der Waals surface area (Å²) >= 11 is 7.75. The Morgan fingerprint density at radius 3 is 2.44 bits per heavy atom. The van der Waals surface area contributed by atoms with Crippen LogP contribution in [0.3, 0.4) is 0 Å². The summed E-state index contributed by atoms with van der Waals surface area (Å²) in [4.78, 5) is 18.6. The Kier molecular flexibility index (Phi) is 5.77. The molecule has 0 saturated carbocycles.